The molecule has 0 amide bonds. The van der Waals surface area contributed by atoms with Crippen molar-refractivity contribution >= 4 is 29.0 Å². The molecular weight excluding hydrogens is 295 g/mol. The summed E-state index contributed by atoms with van der Waals surface area (Å²) in [5.74, 6) is 0.00795. The van der Waals surface area contributed by atoms with Crippen molar-refractivity contribution in [2.75, 3.05) is 0 Å². The molecule has 2 aliphatic carbocycles. The van der Waals surface area contributed by atoms with Crippen LogP contribution >= 0.6 is 23.2 Å². The lowest BCUT2D eigenvalue weighted by Gasteiger charge is -2.48. The van der Waals surface area contributed by atoms with Gasteiger partial charge in [0.1, 0.15) is 5.78 Å². The van der Waals surface area contributed by atoms with Crippen LogP contribution in [0, 0.1) is 5.92 Å². The lowest BCUT2D eigenvalue weighted by Crippen LogP contribution is -2.50. The van der Waals surface area contributed by atoms with Crippen molar-refractivity contribution in [3.63, 3.8) is 0 Å². The zero-order chi connectivity index (χ0) is 14.3. The van der Waals surface area contributed by atoms with E-state index in [1.165, 1.54) is 0 Å². The molecule has 1 aromatic rings. The first kappa shape index (κ1) is 14.4. The number of Topliss-reactive ketones (excluding diaryl/α,β-unsaturated/α-hetero) is 1. The lowest BCUT2D eigenvalue weighted by atomic mass is 9.58. The van der Waals surface area contributed by atoms with E-state index in [2.05, 4.69) is 0 Å². The highest BCUT2D eigenvalue weighted by molar-refractivity contribution is 6.42. The average Bonchev–Trinajstić information content (AvgIpc) is 2.78. The van der Waals surface area contributed by atoms with Crippen molar-refractivity contribution < 1.29 is 9.90 Å². The van der Waals surface area contributed by atoms with Gasteiger partial charge in [0.25, 0.3) is 0 Å². The summed E-state index contributed by atoms with van der Waals surface area (Å²) in [6.07, 6.45) is 4.63. The molecule has 2 fully saturated rings. The van der Waals surface area contributed by atoms with Gasteiger partial charge in [-0.05, 0) is 43.4 Å². The van der Waals surface area contributed by atoms with Gasteiger partial charge in [0.15, 0.2) is 0 Å². The van der Waals surface area contributed by atoms with Gasteiger partial charge in [-0.1, -0.05) is 35.7 Å². The highest BCUT2D eigenvalue weighted by Gasteiger charge is 2.50. The molecule has 2 aliphatic rings. The van der Waals surface area contributed by atoms with E-state index in [9.17, 15) is 9.90 Å². The van der Waals surface area contributed by atoms with Crippen LogP contribution in [0.3, 0.4) is 0 Å². The van der Waals surface area contributed by atoms with Gasteiger partial charge < -0.3 is 5.11 Å². The molecule has 0 spiro atoms. The summed E-state index contributed by atoms with van der Waals surface area (Å²) in [4.78, 5) is 11.9. The highest BCUT2D eigenvalue weighted by Crippen LogP contribution is 2.50. The molecule has 1 unspecified atom stereocenters. The summed E-state index contributed by atoms with van der Waals surface area (Å²) >= 11 is 12.1. The van der Waals surface area contributed by atoms with E-state index in [0.29, 0.717) is 16.5 Å². The predicted molar refractivity (Wildman–Crippen MR) is 80.3 cm³/mol. The minimum absolute atomic E-state index is 0.204. The minimum Gasteiger partial charge on any atom is -0.391 e. The average molecular weight is 313 g/mol. The Bertz CT molecular complexity index is 537. The van der Waals surface area contributed by atoms with Gasteiger partial charge in [0.05, 0.1) is 16.1 Å². The number of hydrogen-bond donors (Lipinski definition) is 1. The van der Waals surface area contributed by atoms with E-state index in [4.69, 9.17) is 23.2 Å². The van der Waals surface area contributed by atoms with Crippen LogP contribution in [0.1, 0.15) is 44.1 Å². The molecular formula is C16H18Cl2O2. The maximum absolute atomic E-state index is 11.9. The van der Waals surface area contributed by atoms with Crippen LogP contribution in [-0.4, -0.2) is 17.0 Å². The number of hydrogen-bond acceptors (Lipinski definition) is 2. The normalized spacial score (nSPS) is 26.4. The lowest BCUT2D eigenvalue weighted by molar-refractivity contribution is -0.127. The highest BCUT2D eigenvalue weighted by atomic mass is 35.5. The maximum Gasteiger partial charge on any atom is 0.138 e. The van der Waals surface area contributed by atoms with Crippen LogP contribution in [0.2, 0.25) is 10.0 Å². The molecule has 0 aliphatic heterocycles. The summed E-state index contributed by atoms with van der Waals surface area (Å²) in [5, 5.41) is 11.8. The molecule has 0 radical (unpaired) electrons. The summed E-state index contributed by atoms with van der Waals surface area (Å²) < 4.78 is 0. The fourth-order valence-electron chi connectivity index (χ4n) is 3.68. The summed E-state index contributed by atoms with van der Waals surface area (Å²) in [7, 11) is 0. The third-order valence-corrected chi connectivity index (χ3v) is 5.78. The number of aliphatic hydroxyl groups is 1. The van der Waals surface area contributed by atoms with Gasteiger partial charge in [-0.3, -0.25) is 4.79 Å². The first-order valence-corrected chi connectivity index (χ1v) is 7.96. The largest absolute Gasteiger partial charge is 0.391 e. The SMILES string of the molecule is O=C1CCC[C@@H]1C(O)C1(c2ccc(Cl)c(Cl)c2)CCC1. The molecule has 0 saturated heterocycles. The molecule has 20 heavy (non-hydrogen) atoms. The standard InChI is InChI=1S/C16H18Cl2O2/c17-12-6-5-10(9-13(12)18)16(7-2-8-16)15(20)11-3-1-4-14(11)19/h5-6,9,11,15,20H,1-4,7-8H2/t11-,15?/m0/s1. The van der Waals surface area contributed by atoms with Gasteiger partial charge in [0, 0.05) is 17.8 Å². The van der Waals surface area contributed by atoms with E-state index in [1.807, 2.05) is 12.1 Å². The van der Waals surface area contributed by atoms with Crippen LogP contribution in [0.5, 0.6) is 0 Å². The molecule has 4 heteroatoms. The Morgan fingerprint density at radius 2 is 1.95 bits per heavy atom. The Morgan fingerprint density at radius 3 is 2.45 bits per heavy atom. The molecule has 1 aromatic carbocycles. The Labute approximate surface area is 129 Å². The second-order valence-corrected chi connectivity index (χ2v) is 6.86. The van der Waals surface area contributed by atoms with Crippen molar-refractivity contribution in [1.29, 1.82) is 0 Å². The molecule has 2 atom stereocenters. The number of rotatable bonds is 3. The topological polar surface area (TPSA) is 37.3 Å². The van der Waals surface area contributed by atoms with Crippen LogP contribution in [0.4, 0.5) is 0 Å². The summed E-state index contributed by atoms with van der Waals surface area (Å²) in [5.41, 5.74) is 0.712. The Morgan fingerprint density at radius 1 is 1.20 bits per heavy atom. The summed E-state index contributed by atoms with van der Waals surface area (Å²) in [6.45, 7) is 0. The van der Waals surface area contributed by atoms with Gasteiger partial charge in [0.2, 0.25) is 0 Å². The quantitative estimate of drug-likeness (QED) is 0.910. The zero-order valence-corrected chi connectivity index (χ0v) is 12.8. The Balaban J connectivity index is 1.94. The van der Waals surface area contributed by atoms with Gasteiger partial charge in [-0.25, -0.2) is 0 Å². The Hall–Kier alpha value is -0.570. The molecule has 0 aromatic heterocycles. The van der Waals surface area contributed by atoms with Crippen molar-refractivity contribution in [3.05, 3.63) is 33.8 Å². The van der Waals surface area contributed by atoms with Crippen LogP contribution in [0.15, 0.2) is 18.2 Å². The van der Waals surface area contributed by atoms with Crippen molar-refractivity contribution in [1.82, 2.24) is 0 Å². The molecule has 2 nitrogen and oxygen atoms in total. The second-order valence-electron chi connectivity index (χ2n) is 6.05. The monoisotopic (exact) mass is 312 g/mol. The minimum atomic E-state index is -0.594. The van der Waals surface area contributed by atoms with Gasteiger partial charge >= 0.3 is 0 Å². The number of carbonyl (C=O) groups excluding carboxylic acids is 1. The van der Waals surface area contributed by atoms with Crippen molar-refractivity contribution in [3.8, 4) is 0 Å². The summed E-state index contributed by atoms with van der Waals surface area (Å²) in [6, 6.07) is 5.57. The van der Waals surface area contributed by atoms with Crippen LogP contribution < -0.4 is 0 Å². The number of carbonyl (C=O) groups is 1. The predicted octanol–water partition coefficient (Wildman–Crippen LogP) is 4.15. The molecule has 1 N–H and O–H groups in total. The molecule has 2 saturated carbocycles. The van der Waals surface area contributed by atoms with E-state index < -0.39 is 6.10 Å². The fraction of sp³-hybridized carbons (Fsp3) is 0.562. The van der Waals surface area contributed by atoms with Crippen molar-refractivity contribution in [2.45, 2.75) is 50.0 Å². The molecule has 3 rings (SSSR count). The Kier molecular flexibility index (Phi) is 3.83. The van der Waals surface area contributed by atoms with E-state index in [1.54, 1.807) is 6.07 Å². The van der Waals surface area contributed by atoms with E-state index >= 15 is 0 Å². The van der Waals surface area contributed by atoms with Crippen LogP contribution in [0.25, 0.3) is 0 Å². The maximum atomic E-state index is 11.9. The van der Waals surface area contributed by atoms with Crippen LogP contribution in [-0.2, 0) is 10.2 Å². The fourth-order valence-corrected chi connectivity index (χ4v) is 3.98. The number of aliphatic hydroxyl groups excluding tert-OH is 1. The van der Waals surface area contributed by atoms with Gasteiger partial charge in [-0.2, -0.15) is 0 Å². The smallest absolute Gasteiger partial charge is 0.138 e. The van der Waals surface area contributed by atoms with E-state index in [-0.39, 0.29) is 17.1 Å². The third-order valence-electron chi connectivity index (χ3n) is 5.04. The second kappa shape index (κ2) is 5.32. The molecule has 108 valence electrons. The number of ketones is 1. The van der Waals surface area contributed by atoms with Gasteiger partial charge in [-0.15, -0.1) is 0 Å². The number of halogens is 2. The molecule has 0 bridgehead atoms. The first-order valence-electron chi connectivity index (χ1n) is 7.21. The third kappa shape index (κ3) is 2.18. The zero-order valence-electron chi connectivity index (χ0n) is 11.2. The first-order chi connectivity index (χ1) is 9.54. The van der Waals surface area contributed by atoms with Crippen molar-refractivity contribution in [2.24, 2.45) is 5.92 Å². The van der Waals surface area contributed by atoms with E-state index in [0.717, 1.165) is 37.7 Å². The molecule has 0 heterocycles. The number of benzene rings is 1.